The van der Waals surface area contributed by atoms with E-state index < -0.39 is 11.5 Å². The molecule has 0 aliphatic heterocycles. The van der Waals surface area contributed by atoms with Crippen LogP contribution in [0.1, 0.15) is 16.2 Å². The Morgan fingerprint density at radius 1 is 1.37 bits per heavy atom. The van der Waals surface area contributed by atoms with Crippen LogP contribution in [0.3, 0.4) is 0 Å². The number of nitrogens with two attached hydrogens (primary N) is 1. The number of H-pyrrole nitrogens is 1. The van der Waals surface area contributed by atoms with Crippen LogP contribution in [0, 0.1) is 6.92 Å². The van der Waals surface area contributed by atoms with Crippen molar-refractivity contribution in [1.29, 1.82) is 0 Å². The topological polar surface area (TPSA) is 135 Å². The van der Waals surface area contributed by atoms with Crippen molar-refractivity contribution >= 4 is 23.5 Å². The number of carbonyl (C=O) groups is 1. The molecule has 0 bridgehead atoms. The summed E-state index contributed by atoms with van der Waals surface area (Å²) in [5.41, 5.74) is 5.42. The number of hydrogen-bond donors (Lipinski definition) is 3. The van der Waals surface area contributed by atoms with Gasteiger partial charge in [-0.3, -0.25) is 4.79 Å². The predicted molar refractivity (Wildman–Crippen MR) is 67.1 cm³/mol. The average molecular weight is 279 g/mol. The molecule has 19 heavy (non-hydrogen) atoms. The SMILES string of the molecule is Cc1cc(C(=O)O)nc(Sc2nc(N)cc(=O)[nH]2)n1. The third-order valence-electron chi connectivity index (χ3n) is 1.98. The van der Waals surface area contributed by atoms with Crippen LogP contribution in [-0.4, -0.2) is 31.0 Å². The fourth-order valence-electron chi connectivity index (χ4n) is 1.28. The van der Waals surface area contributed by atoms with Gasteiger partial charge in [0.15, 0.2) is 16.0 Å². The molecule has 0 unspecified atom stereocenters. The Morgan fingerprint density at radius 2 is 2.11 bits per heavy atom. The number of aromatic carboxylic acids is 1. The molecule has 4 N–H and O–H groups in total. The first-order valence-corrected chi connectivity index (χ1v) is 5.89. The molecule has 0 radical (unpaired) electrons. The van der Waals surface area contributed by atoms with Crippen LogP contribution in [0.15, 0.2) is 27.2 Å². The number of carboxylic acid groups (broad SMARTS) is 1. The molecule has 0 saturated carbocycles. The first-order valence-electron chi connectivity index (χ1n) is 5.08. The highest BCUT2D eigenvalue weighted by atomic mass is 32.2. The summed E-state index contributed by atoms with van der Waals surface area (Å²) >= 11 is 0.929. The molecule has 0 aliphatic carbocycles. The van der Waals surface area contributed by atoms with Crippen molar-refractivity contribution < 1.29 is 9.90 Å². The third kappa shape index (κ3) is 3.28. The molecule has 0 aliphatic rings. The van der Waals surface area contributed by atoms with E-state index in [0.717, 1.165) is 17.8 Å². The molecule has 2 aromatic heterocycles. The van der Waals surface area contributed by atoms with Crippen LogP contribution >= 0.6 is 11.8 Å². The second kappa shape index (κ2) is 5.06. The zero-order chi connectivity index (χ0) is 14.0. The molecule has 2 rings (SSSR count). The van der Waals surface area contributed by atoms with Gasteiger partial charge in [-0.1, -0.05) is 0 Å². The minimum Gasteiger partial charge on any atom is -0.477 e. The molecule has 0 fully saturated rings. The van der Waals surface area contributed by atoms with Crippen molar-refractivity contribution in [2.75, 3.05) is 5.73 Å². The number of aromatic nitrogens is 4. The summed E-state index contributed by atoms with van der Waals surface area (Å²) in [6.07, 6.45) is 0. The zero-order valence-corrected chi connectivity index (χ0v) is 10.6. The van der Waals surface area contributed by atoms with Gasteiger partial charge in [0.25, 0.3) is 5.56 Å². The van der Waals surface area contributed by atoms with E-state index in [1.165, 1.54) is 6.07 Å². The minimum absolute atomic E-state index is 0.0670. The summed E-state index contributed by atoms with van der Waals surface area (Å²) in [4.78, 5) is 36.3. The first kappa shape index (κ1) is 13.0. The Labute approximate surface area is 111 Å². The monoisotopic (exact) mass is 279 g/mol. The number of aryl methyl sites for hydroxylation is 1. The molecule has 0 aromatic carbocycles. The van der Waals surface area contributed by atoms with Crippen LogP contribution in [-0.2, 0) is 0 Å². The van der Waals surface area contributed by atoms with Crippen LogP contribution in [0.2, 0.25) is 0 Å². The molecule has 0 spiro atoms. The maximum atomic E-state index is 11.2. The molecule has 8 nitrogen and oxygen atoms in total. The maximum absolute atomic E-state index is 11.2. The van der Waals surface area contributed by atoms with Crippen molar-refractivity contribution in [2.24, 2.45) is 0 Å². The Kier molecular flexibility index (Phi) is 3.47. The average Bonchev–Trinajstić information content (AvgIpc) is 2.26. The van der Waals surface area contributed by atoms with Crippen molar-refractivity contribution in [3.63, 3.8) is 0 Å². The molecule has 0 amide bonds. The highest BCUT2D eigenvalue weighted by Crippen LogP contribution is 2.21. The Hall–Kier alpha value is -2.42. The van der Waals surface area contributed by atoms with Crippen molar-refractivity contribution in [3.8, 4) is 0 Å². The Balaban J connectivity index is 2.37. The minimum atomic E-state index is -1.15. The predicted octanol–water partition coefficient (Wildman–Crippen LogP) is 0.300. The fraction of sp³-hybridized carbons (Fsp3) is 0.100. The summed E-state index contributed by atoms with van der Waals surface area (Å²) in [6.45, 7) is 1.65. The molecular weight excluding hydrogens is 270 g/mol. The summed E-state index contributed by atoms with van der Waals surface area (Å²) in [5.74, 6) is -1.08. The third-order valence-corrected chi connectivity index (χ3v) is 2.73. The molecule has 0 atom stereocenters. The second-order valence-corrected chi connectivity index (χ2v) is 4.52. The zero-order valence-electron chi connectivity index (χ0n) is 9.75. The molecule has 0 saturated heterocycles. The normalized spacial score (nSPS) is 10.4. The second-order valence-electron chi connectivity index (χ2n) is 3.56. The van der Waals surface area contributed by atoms with Gasteiger partial charge in [0, 0.05) is 11.8 Å². The van der Waals surface area contributed by atoms with Gasteiger partial charge in [0.1, 0.15) is 5.82 Å². The van der Waals surface area contributed by atoms with E-state index in [9.17, 15) is 9.59 Å². The van der Waals surface area contributed by atoms with Gasteiger partial charge < -0.3 is 15.8 Å². The summed E-state index contributed by atoms with van der Waals surface area (Å²) in [7, 11) is 0. The van der Waals surface area contributed by atoms with E-state index in [0.29, 0.717) is 5.69 Å². The van der Waals surface area contributed by atoms with E-state index in [-0.39, 0.29) is 21.8 Å². The van der Waals surface area contributed by atoms with Crippen molar-refractivity contribution in [1.82, 2.24) is 19.9 Å². The number of anilines is 1. The van der Waals surface area contributed by atoms with Gasteiger partial charge in [0.2, 0.25) is 0 Å². The number of nitrogen functional groups attached to an aromatic ring is 1. The molecule has 98 valence electrons. The Morgan fingerprint density at radius 3 is 2.74 bits per heavy atom. The highest BCUT2D eigenvalue weighted by Gasteiger charge is 2.11. The summed E-state index contributed by atoms with van der Waals surface area (Å²) in [5, 5.41) is 9.27. The lowest BCUT2D eigenvalue weighted by Crippen LogP contribution is -2.10. The number of nitrogens with one attached hydrogen (secondary N) is 1. The molecule has 2 heterocycles. The molecular formula is C10H9N5O3S. The number of nitrogens with zero attached hydrogens (tertiary/aromatic N) is 3. The quantitative estimate of drug-likeness (QED) is 0.683. The largest absolute Gasteiger partial charge is 0.477 e. The van der Waals surface area contributed by atoms with Gasteiger partial charge in [-0.25, -0.2) is 19.7 Å². The van der Waals surface area contributed by atoms with E-state index in [1.807, 2.05) is 0 Å². The maximum Gasteiger partial charge on any atom is 0.354 e. The van der Waals surface area contributed by atoms with Crippen LogP contribution in [0.25, 0.3) is 0 Å². The standard InChI is InChI=1S/C10H9N5O3S/c1-4-2-5(8(17)18)13-9(12-4)19-10-14-6(11)3-7(16)15-10/h2-3H,1H3,(H,17,18)(H3,11,14,15,16). The van der Waals surface area contributed by atoms with Gasteiger partial charge >= 0.3 is 5.97 Å². The van der Waals surface area contributed by atoms with E-state index in [4.69, 9.17) is 10.8 Å². The fourth-order valence-corrected chi connectivity index (χ4v) is 2.09. The number of hydrogen-bond acceptors (Lipinski definition) is 7. The van der Waals surface area contributed by atoms with Gasteiger partial charge in [-0.05, 0) is 24.8 Å². The molecule has 2 aromatic rings. The van der Waals surface area contributed by atoms with Crippen LogP contribution in [0.5, 0.6) is 0 Å². The van der Waals surface area contributed by atoms with Gasteiger partial charge in [0.05, 0.1) is 0 Å². The van der Waals surface area contributed by atoms with Crippen molar-refractivity contribution in [2.45, 2.75) is 17.2 Å². The lowest BCUT2D eigenvalue weighted by atomic mass is 10.3. The van der Waals surface area contributed by atoms with Crippen LogP contribution in [0.4, 0.5) is 5.82 Å². The molecule has 9 heteroatoms. The highest BCUT2D eigenvalue weighted by molar-refractivity contribution is 7.99. The van der Waals surface area contributed by atoms with Gasteiger partial charge in [-0.2, -0.15) is 0 Å². The van der Waals surface area contributed by atoms with Crippen molar-refractivity contribution in [3.05, 3.63) is 33.9 Å². The van der Waals surface area contributed by atoms with E-state index in [2.05, 4.69) is 19.9 Å². The van der Waals surface area contributed by atoms with Gasteiger partial charge in [-0.15, -0.1) is 0 Å². The summed E-state index contributed by atoms with van der Waals surface area (Å²) in [6, 6.07) is 2.49. The Bertz CT molecular complexity index is 700. The number of rotatable bonds is 3. The van der Waals surface area contributed by atoms with E-state index >= 15 is 0 Å². The number of aromatic amines is 1. The van der Waals surface area contributed by atoms with E-state index in [1.54, 1.807) is 6.92 Å². The summed E-state index contributed by atoms with van der Waals surface area (Å²) < 4.78 is 0. The smallest absolute Gasteiger partial charge is 0.354 e. The van der Waals surface area contributed by atoms with Crippen LogP contribution < -0.4 is 11.3 Å². The first-order chi connectivity index (χ1) is 8.94. The lowest BCUT2D eigenvalue weighted by molar-refractivity contribution is 0.0689. The number of carboxylic acids is 1. The lowest BCUT2D eigenvalue weighted by Gasteiger charge is -2.02.